The highest BCUT2D eigenvalue weighted by Crippen LogP contribution is 2.37. The minimum atomic E-state index is -0.816. The Bertz CT molecular complexity index is 3920. The van der Waals surface area contributed by atoms with E-state index in [2.05, 4.69) is 100 Å². The minimum Gasteiger partial charge on any atom is -0.399 e. The molecular formula is C62H72BBrCl2F2N18O2. The Morgan fingerprint density at radius 3 is 1.34 bits per heavy atom. The van der Waals surface area contributed by atoms with Crippen molar-refractivity contribution in [2.45, 2.75) is 75.6 Å². The van der Waals surface area contributed by atoms with Gasteiger partial charge >= 0.3 is 7.12 Å². The van der Waals surface area contributed by atoms with E-state index in [-0.39, 0.29) is 34.8 Å². The molecule has 20 nitrogen and oxygen atoms in total. The van der Waals surface area contributed by atoms with Crippen LogP contribution in [0.25, 0.3) is 22.2 Å². The van der Waals surface area contributed by atoms with Gasteiger partial charge in [-0.15, -0.1) is 23.2 Å². The van der Waals surface area contributed by atoms with Gasteiger partial charge in [0.1, 0.15) is 16.5 Å². The maximum atomic E-state index is 13.3. The molecule has 26 heteroatoms. The number of nitrogens with zero attached hydrogens (tertiary/aromatic N) is 16. The fraction of sp³-hybridized carbons (Fsp3) is 0.355. The summed E-state index contributed by atoms with van der Waals surface area (Å²) in [6, 6.07) is 20.8. The number of fused-ring (bicyclic) bond motifs is 2. The van der Waals surface area contributed by atoms with Crippen molar-refractivity contribution in [3.8, 4) is 11.1 Å². The topological polar surface area (TPSA) is 205 Å². The molecule has 0 radical (unpaired) electrons. The number of nitrogens with two attached hydrogens (primary N) is 2. The normalized spacial score (nSPS) is 17.0. The number of aryl methyl sites for hydroxylation is 2. The molecule has 0 saturated carbocycles. The number of piperazine rings is 2. The van der Waals surface area contributed by atoms with E-state index < -0.39 is 11.1 Å². The molecule has 8 aromatic heterocycles. The second kappa shape index (κ2) is 26.2. The Balaban J connectivity index is 0.000000152. The fourth-order valence-corrected chi connectivity index (χ4v) is 10.9. The van der Waals surface area contributed by atoms with E-state index in [4.69, 9.17) is 44.0 Å². The Kier molecular flexibility index (Phi) is 18.9. The zero-order valence-corrected chi connectivity index (χ0v) is 53.8. The highest BCUT2D eigenvalue weighted by molar-refractivity contribution is 9.10. The van der Waals surface area contributed by atoms with Gasteiger partial charge in [0.15, 0.2) is 0 Å². The average Bonchev–Trinajstić information content (AvgIpc) is 2.27. The molecule has 0 amide bonds. The molecular weight excluding hydrogens is 1230 g/mol. The van der Waals surface area contributed by atoms with Crippen LogP contribution in [0.4, 0.5) is 32.1 Å². The van der Waals surface area contributed by atoms with Gasteiger partial charge in [0.05, 0.1) is 50.9 Å². The van der Waals surface area contributed by atoms with E-state index in [0.717, 1.165) is 112 Å². The first-order chi connectivity index (χ1) is 41.8. The molecule has 10 aromatic rings. The third kappa shape index (κ3) is 14.3. The van der Waals surface area contributed by atoms with Gasteiger partial charge in [0.25, 0.3) is 0 Å². The number of anilines is 4. The lowest BCUT2D eigenvalue weighted by molar-refractivity contribution is 0.00578. The maximum Gasteiger partial charge on any atom is 0.498 e. The molecule has 3 saturated heterocycles. The molecule has 3 aliphatic rings. The Morgan fingerprint density at radius 2 is 0.932 bits per heavy atom. The van der Waals surface area contributed by atoms with E-state index in [1.165, 1.54) is 30.0 Å². The number of rotatable bonds is 10. The van der Waals surface area contributed by atoms with Crippen LogP contribution in [0, 0.1) is 11.6 Å². The molecule has 460 valence electrons. The highest BCUT2D eigenvalue weighted by atomic mass is 79.9. The van der Waals surface area contributed by atoms with Gasteiger partial charge < -0.3 is 40.4 Å². The molecule has 0 aliphatic carbocycles. The second-order valence-electron chi connectivity index (χ2n) is 23.3. The van der Waals surface area contributed by atoms with Crippen LogP contribution >= 0.6 is 39.1 Å². The van der Waals surface area contributed by atoms with Crippen molar-refractivity contribution in [1.29, 1.82) is 0 Å². The molecule has 0 spiro atoms. The van der Waals surface area contributed by atoms with Crippen LogP contribution in [-0.2, 0) is 34.5 Å². The lowest BCUT2D eigenvalue weighted by Gasteiger charge is -2.36. The first-order valence-electron chi connectivity index (χ1n) is 28.8. The first kappa shape index (κ1) is 63.4. The lowest BCUT2D eigenvalue weighted by atomic mass is 9.82. The second-order valence-corrected chi connectivity index (χ2v) is 25.8. The summed E-state index contributed by atoms with van der Waals surface area (Å²) < 4.78 is 46.8. The van der Waals surface area contributed by atoms with Gasteiger partial charge in [-0.25, -0.2) is 37.7 Å². The molecule has 3 fully saturated rings. The molecule has 88 heavy (non-hydrogen) atoms. The number of aromatic nitrogens is 12. The summed E-state index contributed by atoms with van der Waals surface area (Å²) >= 11 is 13.6. The van der Waals surface area contributed by atoms with Crippen LogP contribution in [-0.4, -0.2) is 134 Å². The molecule has 13 rings (SSSR count). The zero-order valence-electron chi connectivity index (χ0n) is 50.7. The number of hydrogen-bond donors (Lipinski definition) is 2. The average molecular weight is 1300 g/mol. The highest BCUT2D eigenvalue weighted by Gasteiger charge is 2.52. The van der Waals surface area contributed by atoms with E-state index >= 15 is 0 Å². The summed E-state index contributed by atoms with van der Waals surface area (Å²) in [7, 11) is 3.50. The predicted molar refractivity (Wildman–Crippen MR) is 347 cm³/mol. The van der Waals surface area contributed by atoms with Crippen LogP contribution in [0.3, 0.4) is 0 Å². The maximum absolute atomic E-state index is 13.3. The number of halogens is 5. The van der Waals surface area contributed by atoms with Crippen molar-refractivity contribution in [1.82, 2.24) is 58.7 Å². The number of hydrogen-bond acceptors (Lipinski definition) is 16. The summed E-state index contributed by atoms with van der Waals surface area (Å²) in [5.74, 6) is 0.796. The van der Waals surface area contributed by atoms with Crippen molar-refractivity contribution in [3.63, 3.8) is 0 Å². The van der Waals surface area contributed by atoms with Crippen molar-refractivity contribution >= 4 is 86.0 Å². The molecule has 0 unspecified atom stereocenters. The van der Waals surface area contributed by atoms with Gasteiger partial charge in [-0.05, 0) is 124 Å². The van der Waals surface area contributed by atoms with Crippen LogP contribution < -0.4 is 36.5 Å². The lowest BCUT2D eigenvalue weighted by Crippen LogP contribution is -2.47. The van der Waals surface area contributed by atoms with Gasteiger partial charge in [-0.2, -0.15) is 20.4 Å². The largest absolute Gasteiger partial charge is 0.498 e. The van der Waals surface area contributed by atoms with Gasteiger partial charge in [0.2, 0.25) is 11.9 Å². The summed E-state index contributed by atoms with van der Waals surface area (Å²) in [5, 5.41) is 17.3. The minimum absolute atomic E-state index is 0.222. The third-order valence-electron chi connectivity index (χ3n) is 16.4. The molecule has 2 aromatic carbocycles. The first-order valence-corrected chi connectivity index (χ1v) is 30.5. The van der Waals surface area contributed by atoms with Crippen molar-refractivity contribution in [2.24, 2.45) is 25.6 Å². The monoisotopic (exact) mass is 1300 g/mol. The van der Waals surface area contributed by atoms with Crippen molar-refractivity contribution in [3.05, 3.63) is 186 Å². The van der Waals surface area contributed by atoms with Gasteiger partial charge in [0, 0.05) is 167 Å². The summed E-state index contributed by atoms with van der Waals surface area (Å²) in [4.78, 5) is 27.3. The standard InChI is InChI=1S/C27H28FN9.C23H23BrFN7.C10H17BN2O2.C2H4Cl2/c1-27(29,21-3-5-23(28)6-4-21)22-15-30-26(31-16-22)36-11-9-35(10-12-36)24-7-8-32-37-18-19(13-25(24)37)20-14-33-34(2)17-20;1-23(26,16-2-4-19(25)5-3-16)17-13-27-22(28-14-17)31-10-8-30(9-11-31)20-6-7-29-32-15-18(24)12-21(20)32;1-9(2)10(3,4)15-11(14-9)8-6-12-13(5)7-8;1-2(3)4/h3-8,13-18H,9-12,29H2,1-2H3;2-7,12-15H,8-11,26H2,1H3;6-7H,1-5H3;2H,1H3/t27-;23-;;/m00../s1. The summed E-state index contributed by atoms with van der Waals surface area (Å²) in [6.07, 6.45) is 22.3. The van der Waals surface area contributed by atoms with Crippen LogP contribution in [0.2, 0.25) is 0 Å². The third-order valence-corrected chi connectivity index (χ3v) is 16.8. The fourth-order valence-electron chi connectivity index (χ4n) is 10.5. The Morgan fingerprint density at radius 1 is 0.534 bits per heavy atom. The van der Waals surface area contributed by atoms with Crippen molar-refractivity contribution < 1.29 is 18.1 Å². The van der Waals surface area contributed by atoms with Gasteiger partial charge in [-0.1, -0.05) is 24.3 Å². The van der Waals surface area contributed by atoms with E-state index in [1.54, 1.807) is 71.5 Å². The smallest absolute Gasteiger partial charge is 0.399 e. The molecule has 0 bridgehead atoms. The van der Waals surface area contributed by atoms with E-state index in [1.807, 2.05) is 108 Å². The van der Waals surface area contributed by atoms with Crippen LogP contribution in [0.15, 0.2) is 152 Å². The van der Waals surface area contributed by atoms with E-state index in [0.29, 0.717) is 11.9 Å². The predicted octanol–water partition coefficient (Wildman–Crippen LogP) is 9.32. The molecule has 3 aliphatic heterocycles. The molecule has 11 heterocycles. The Hall–Kier alpha value is -7.58. The number of benzene rings is 2. The zero-order chi connectivity index (χ0) is 62.7. The van der Waals surface area contributed by atoms with Gasteiger partial charge in [-0.3, -0.25) is 9.36 Å². The summed E-state index contributed by atoms with van der Waals surface area (Å²) in [6.45, 7) is 20.2. The van der Waals surface area contributed by atoms with Crippen molar-refractivity contribution in [2.75, 3.05) is 72.0 Å². The van der Waals surface area contributed by atoms with Crippen LogP contribution in [0.5, 0.6) is 0 Å². The SMILES string of the molecule is CC(Cl)Cl.C[C@](N)(c1ccc(F)cc1)c1cnc(N2CCN(c3ccnn4cc(Br)cc34)CC2)nc1.Cn1cc(-c2cc3c(N4CCN(c5ncc([C@@](C)(N)c6ccc(F)cc6)cn5)CC4)ccnn3c2)cn1.Cn1cc(B2OC(C)(C)C(C)(C)O2)cn1. The number of alkyl halides is 2. The molecule has 2 atom stereocenters. The van der Waals surface area contributed by atoms with Crippen LogP contribution in [0.1, 0.15) is 70.7 Å². The quantitative estimate of drug-likeness (QED) is 0.0967. The summed E-state index contributed by atoms with van der Waals surface area (Å²) in [5.41, 5.74) is 21.7. The Labute approximate surface area is 529 Å². The molecule has 4 N–H and O–H groups in total. The van der Waals surface area contributed by atoms with E-state index in [9.17, 15) is 8.78 Å².